The number of hydrogen-bond acceptors (Lipinski definition) is 3. The molecule has 1 aromatic rings. The van der Waals surface area contributed by atoms with Crippen molar-refractivity contribution in [1.29, 1.82) is 0 Å². The largest absolute Gasteiger partial charge is 0.367 e. The molecule has 3 unspecified atom stereocenters. The third-order valence-electron chi connectivity index (χ3n) is 4.20. The van der Waals surface area contributed by atoms with Crippen molar-refractivity contribution in [2.24, 2.45) is 11.8 Å². The zero-order valence-electron chi connectivity index (χ0n) is 12.3. The first-order valence-corrected chi connectivity index (χ1v) is 7.68. The fourth-order valence-electron chi connectivity index (χ4n) is 2.89. The number of aryl methyl sites for hydroxylation is 1. The van der Waals surface area contributed by atoms with Gasteiger partial charge in [-0.15, -0.1) is 0 Å². The summed E-state index contributed by atoms with van der Waals surface area (Å²) in [5.41, 5.74) is 0.963. The molecule has 0 bridgehead atoms. The molecule has 19 heavy (non-hydrogen) atoms. The number of halogens is 1. The minimum atomic E-state index is 0.505. The Hall–Kier alpha value is -0.830. The zero-order chi connectivity index (χ0) is 14.0. The lowest BCUT2D eigenvalue weighted by Gasteiger charge is -2.33. The zero-order valence-corrected chi connectivity index (χ0v) is 13.1. The molecule has 0 aromatic carbocycles. The number of rotatable bonds is 3. The fraction of sp³-hybridized carbons (Fsp3) is 0.733. The van der Waals surface area contributed by atoms with E-state index in [0.717, 1.165) is 29.5 Å². The van der Waals surface area contributed by atoms with E-state index in [1.807, 2.05) is 6.92 Å². The molecule has 0 saturated heterocycles. The second-order valence-corrected chi connectivity index (χ2v) is 6.26. The van der Waals surface area contributed by atoms with Gasteiger partial charge in [-0.2, -0.15) is 0 Å². The Morgan fingerprint density at radius 3 is 2.63 bits per heavy atom. The van der Waals surface area contributed by atoms with E-state index in [1.54, 1.807) is 0 Å². The molecule has 1 fully saturated rings. The van der Waals surface area contributed by atoms with E-state index < -0.39 is 0 Å². The average Bonchev–Trinajstić information content (AvgIpc) is 2.37. The average molecular weight is 282 g/mol. The molecule has 1 saturated carbocycles. The molecule has 0 spiro atoms. The summed E-state index contributed by atoms with van der Waals surface area (Å²) in [4.78, 5) is 8.88. The van der Waals surface area contributed by atoms with Crippen LogP contribution in [0.2, 0.25) is 5.15 Å². The van der Waals surface area contributed by atoms with Crippen molar-refractivity contribution in [2.45, 2.75) is 59.4 Å². The van der Waals surface area contributed by atoms with Crippen molar-refractivity contribution < 1.29 is 0 Å². The van der Waals surface area contributed by atoms with Crippen LogP contribution in [-0.4, -0.2) is 16.0 Å². The van der Waals surface area contributed by atoms with Gasteiger partial charge in [-0.25, -0.2) is 9.97 Å². The maximum atomic E-state index is 6.18. The van der Waals surface area contributed by atoms with Crippen LogP contribution < -0.4 is 5.32 Å². The van der Waals surface area contributed by atoms with Gasteiger partial charge < -0.3 is 5.32 Å². The molecule has 0 amide bonds. The highest BCUT2D eigenvalue weighted by atomic mass is 35.5. The van der Waals surface area contributed by atoms with Gasteiger partial charge in [0.25, 0.3) is 0 Å². The number of hydrogen-bond donors (Lipinski definition) is 1. The van der Waals surface area contributed by atoms with Gasteiger partial charge >= 0.3 is 0 Å². The molecular formula is C15H24ClN3. The van der Waals surface area contributed by atoms with Crippen LogP contribution in [0.1, 0.15) is 51.4 Å². The van der Waals surface area contributed by atoms with E-state index in [0.29, 0.717) is 17.1 Å². The van der Waals surface area contributed by atoms with Crippen LogP contribution in [0.25, 0.3) is 0 Å². The minimum Gasteiger partial charge on any atom is -0.367 e. The monoisotopic (exact) mass is 281 g/mol. The van der Waals surface area contributed by atoms with Crippen molar-refractivity contribution in [3.8, 4) is 0 Å². The third-order valence-corrected chi connectivity index (χ3v) is 4.57. The van der Waals surface area contributed by atoms with E-state index in [9.17, 15) is 0 Å². The normalized spacial score (nSPS) is 27.3. The molecule has 1 aliphatic rings. The first-order chi connectivity index (χ1) is 9.01. The maximum Gasteiger partial charge on any atom is 0.137 e. The van der Waals surface area contributed by atoms with Gasteiger partial charge in [0, 0.05) is 18.0 Å². The highest BCUT2D eigenvalue weighted by molar-refractivity contribution is 6.30. The van der Waals surface area contributed by atoms with Gasteiger partial charge in [0.05, 0.1) is 0 Å². The van der Waals surface area contributed by atoms with Crippen molar-refractivity contribution in [3.63, 3.8) is 0 Å². The summed E-state index contributed by atoms with van der Waals surface area (Å²) in [5, 5.41) is 4.17. The van der Waals surface area contributed by atoms with Gasteiger partial charge in [0.1, 0.15) is 16.8 Å². The maximum absolute atomic E-state index is 6.18. The number of aromatic nitrogens is 2. The van der Waals surface area contributed by atoms with Gasteiger partial charge in [-0.05, 0) is 38.0 Å². The second kappa shape index (κ2) is 6.08. The summed E-state index contributed by atoms with van der Waals surface area (Å²) in [7, 11) is 0. The topological polar surface area (TPSA) is 37.8 Å². The van der Waals surface area contributed by atoms with Crippen LogP contribution in [0, 0.1) is 18.8 Å². The first-order valence-electron chi connectivity index (χ1n) is 7.30. The Morgan fingerprint density at radius 2 is 2.00 bits per heavy atom. The van der Waals surface area contributed by atoms with E-state index in [1.165, 1.54) is 19.3 Å². The molecule has 3 atom stereocenters. The standard InChI is InChI=1S/C15H24ClN3/c1-5-13-18-14(16)11(4)15(19-13)17-12-7-6-9(2)8-10(12)3/h9-10,12H,5-8H2,1-4H3,(H,17,18,19). The van der Waals surface area contributed by atoms with Crippen molar-refractivity contribution in [3.05, 3.63) is 16.5 Å². The Labute approximate surface area is 121 Å². The van der Waals surface area contributed by atoms with Crippen LogP contribution >= 0.6 is 11.6 Å². The quantitative estimate of drug-likeness (QED) is 0.842. The van der Waals surface area contributed by atoms with Gasteiger partial charge in [-0.1, -0.05) is 32.4 Å². The van der Waals surface area contributed by atoms with Crippen LogP contribution in [0.4, 0.5) is 5.82 Å². The summed E-state index contributed by atoms with van der Waals surface area (Å²) >= 11 is 6.18. The van der Waals surface area contributed by atoms with E-state index >= 15 is 0 Å². The van der Waals surface area contributed by atoms with Crippen LogP contribution in [-0.2, 0) is 6.42 Å². The Balaban J connectivity index is 2.16. The highest BCUT2D eigenvalue weighted by Gasteiger charge is 2.26. The lowest BCUT2D eigenvalue weighted by atomic mass is 9.80. The molecule has 4 heteroatoms. The first kappa shape index (κ1) is 14.6. The van der Waals surface area contributed by atoms with Gasteiger partial charge in [-0.3, -0.25) is 0 Å². The predicted octanol–water partition coefficient (Wildman–Crippen LogP) is 4.24. The van der Waals surface area contributed by atoms with Crippen LogP contribution in [0.5, 0.6) is 0 Å². The predicted molar refractivity (Wildman–Crippen MR) is 80.7 cm³/mol. The van der Waals surface area contributed by atoms with Crippen molar-refractivity contribution in [2.75, 3.05) is 5.32 Å². The SMILES string of the molecule is CCc1nc(Cl)c(C)c(NC2CCC(C)CC2C)n1. The second-order valence-electron chi connectivity index (χ2n) is 5.90. The Morgan fingerprint density at radius 1 is 1.26 bits per heavy atom. The van der Waals surface area contributed by atoms with E-state index in [-0.39, 0.29) is 0 Å². The highest BCUT2D eigenvalue weighted by Crippen LogP contribution is 2.31. The number of nitrogens with zero attached hydrogens (tertiary/aromatic N) is 2. The Bertz CT molecular complexity index is 447. The lowest BCUT2D eigenvalue weighted by Crippen LogP contribution is -2.33. The van der Waals surface area contributed by atoms with E-state index in [2.05, 4.69) is 36.1 Å². The lowest BCUT2D eigenvalue weighted by molar-refractivity contribution is 0.276. The minimum absolute atomic E-state index is 0.505. The van der Waals surface area contributed by atoms with Gasteiger partial charge in [0.2, 0.25) is 0 Å². The van der Waals surface area contributed by atoms with Gasteiger partial charge in [0.15, 0.2) is 0 Å². The molecule has 106 valence electrons. The van der Waals surface area contributed by atoms with Crippen molar-refractivity contribution in [1.82, 2.24) is 9.97 Å². The molecule has 1 aromatic heterocycles. The smallest absolute Gasteiger partial charge is 0.137 e. The molecular weight excluding hydrogens is 258 g/mol. The summed E-state index contributed by atoms with van der Waals surface area (Å²) in [6.07, 6.45) is 4.60. The molecule has 2 rings (SSSR count). The summed E-state index contributed by atoms with van der Waals surface area (Å²) < 4.78 is 0. The molecule has 0 radical (unpaired) electrons. The molecule has 1 N–H and O–H groups in total. The number of nitrogens with one attached hydrogen (secondary N) is 1. The van der Waals surface area contributed by atoms with Crippen LogP contribution in [0.3, 0.4) is 0 Å². The molecule has 0 aliphatic heterocycles. The molecule has 1 heterocycles. The summed E-state index contributed by atoms with van der Waals surface area (Å²) in [6.45, 7) is 8.71. The number of anilines is 1. The fourth-order valence-corrected chi connectivity index (χ4v) is 3.07. The summed E-state index contributed by atoms with van der Waals surface area (Å²) in [5.74, 6) is 3.26. The van der Waals surface area contributed by atoms with E-state index in [4.69, 9.17) is 11.6 Å². The summed E-state index contributed by atoms with van der Waals surface area (Å²) in [6, 6.07) is 0.505. The molecule has 1 aliphatic carbocycles. The van der Waals surface area contributed by atoms with Crippen molar-refractivity contribution >= 4 is 17.4 Å². The third kappa shape index (κ3) is 3.38. The Kier molecular flexibility index (Phi) is 4.67. The molecule has 3 nitrogen and oxygen atoms in total. The van der Waals surface area contributed by atoms with Crippen LogP contribution in [0.15, 0.2) is 0 Å².